The van der Waals surface area contributed by atoms with Crippen LogP contribution in [0.25, 0.3) is 16.0 Å². The lowest BCUT2D eigenvalue weighted by Gasteiger charge is -2.17. The van der Waals surface area contributed by atoms with Crippen LogP contribution < -0.4 is 23.7 Å². The SMILES string of the molecule is C=C(C(=O)c1cc(OC)c(OC)c(OC)c1)c1cc(-c2cccs2)c(OC)cc1OCC(=O)O. The molecule has 0 fully saturated rings. The van der Waals surface area contributed by atoms with E-state index in [1.165, 1.54) is 51.9 Å². The van der Waals surface area contributed by atoms with Crippen LogP contribution in [0.2, 0.25) is 0 Å². The molecule has 3 aromatic rings. The lowest BCUT2D eigenvalue weighted by molar-refractivity contribution is -0.139. The van der Waals surface area contributed by atoms with E-state index in [-0.39, 0.29) is 16.9 Å². The number of methoxy groups -OCH3 is 4. The maximum Gasteiger partial charge on any atom is 0.341 e. The zero-order valence-electron chi connectivity index (χ0n) is 19.2. The van der Waals surface area contributed by atoms with E-state index in [2.05, 4.69) is 6.58 Å². The standard InChI is InChI=1S/C25H24O8S/c1-14(24(28)15-9-20(30-3)25(32-5)21(10-15)31-4)16-11-17(22-7-6-8-34-22)18(29-2)12-19(16)33-13-23(26)27/h6-12H,1,13H2,2-5H3,(H,26,27). The Balaban J connectivity index is 2.13. The topological polar surface area (TPSA) is 101 Å². The maximum absolute atomic E-state index is 13.5. The van der Waals surface area contributed by atoms with Crippen LogP contribution in [0.1, 0.15) is 15.9 Å². The molecule has 0 atom stereocenters. The smallest absolute Gasteiger partial charge is 0.341 e. The monoisotopic (exact) mass is 484 g/mol. The van der Waals surface area contributed by atoms with Crippen LogP contribution in [0, 0.1) is 0 Å². The summed E-state index contributed by atoms with van der Waals surface area (Å²) in [4.78, 5) is 25.5. The van der Waals surface area contributed by atoms with E-state index < -0.39 is 18.4 Å². The highest BCUT2D eigenvalue weighted by Crippen LogP contribution is 2.42. The molecule has 0 aliphatic rings. The summed E-state index contributed by atoms with van der Waals surface area (Å²) < 4.78 is 27.0. The van der Waals surface area contributed by atoms with Crippen LogP contribution in [0.15, 0.2) is 48.4 Å². The fourth-order valence-electron chi connectivity index (χ4n) is 3.36. The van der Waals surface area contributed by atoms with Crippen molar-refractivity contribution in [2.75, 3.05) is 35.0 Å². The molecule has 0 bridgehead atoms. The van der Waals surface area contributed by atoms with Gasteiger partial charge in [0.05, 0.1) is 28.4 Å². The number of carboxylic acids is 1. The van der Waals surface area contributed by atoms with Gasteiger partial charge in [-0.1, -0.05) is 12.6 Å². The van der Waals surface area contributed by atoms with E-state index in [1.54, 1.807) is 12.1 Å². The molecule has 178 valence electrons. The number of allylic oxidation sites excluding steroid dienone is 1. The highest BCUT2D eigenvalue weighted by molar-refractivity contribution is 7.13. The Morgan fingerprint density at radius 3 is 2.06 bits per heavy atom. The van der Waals surface area contributed by atoms with Crippen molar-refractivity contribution in [2.45, 2.75) is 0 Å². The van der Waals surface area contributed by atoms with E-state index in [4.69, 9.17) is 28.8 Å². The number of hydrogen-bond donors (Lipinski definition) is 1. The predicted octanol–water partition coefficient (Wildman–Crippen LogP) is 4.81. The average molecular weight is 485 g/mol. The number of ketones is 1. The van der Waals surface area contributed by atoms with Crippen molar-refractivity contribution in [1.82, 2.24) is 0 Å². The van der Waals surface area contributed by atoms with Gasteiger partial charge in [0, 0.05) is 33.2 Å². The second kappa shape index (κ2) is 10.8. The third kappa shape index (κ3) is 4.99. The molecule has 2 aromatic carbocycles. The molecular weight excluding hydrogens is 460 g/mol. The van der Waals surface area contributed by atoms with Gasteiger partial charge in [-0.25, -0.2) is 4.79 Å². The molecule has 0 aliphatic carbocycles. The maximum atomic E-state index is 13.5. The number of carboxylic acid groups (broad SMARTS) is 1. The molecule has 1 aromatic heterocycles. The molecule has 8 nitrogen and oxygen atoms in total. The first kappa shape index (κ1) is 24.7. The molecule has 0 saturated carbocycles. The van der Waals surface area contributed by atoms with E-state index >= 15 is 0 Å². The number of carbonyl (C=O) groups is 2. The minimum absolute atomic E-state index is 0.0927. The molecule has 3 rings (SSSR count). The summed E-state index contributed by atoms with van der Waals surface area (Å²) in [5, 5.41) is 11.0. The van der Waals surface area contributed by atoms with Gasteiger partial charge < -0.3 is 28.8 Å². The summed E-state index contributed by atoms with van der Waals surface area (Å²) in [5.74, 6) is 0.0197. The van der Waals surface area contributed by atoms with E-state index in [0.29, 0.717) is 34.1 Å². The molecule has 1 N–H and O–H groups in total. The molecule has 34 heavy (non-hydrogen) atoms. The summed E-state index contributed by atoms with van der Waals surface area (Å²) in [5.41, 5.74) is 1.39. The van der Waals surface area contributed by atoms with Gasteiger partial charge in [0.1, 0.15) is 11.5 Å². The van der Waals surface area contributed by atoms with Crippen LogP contribution in [0.4, 0.5) is 0 Å². The largest absolute Gasteiger partial charge is 0.496 e. The third-order valence-corrected chi connectivity index (χ3v) is 5.87. The summed E-state index contributed by atoms with van der Waals surface area (Å²) in [6.07, 6.45) is 0. The van der Waals surface area contributed by atoms with Crippen molar-refractivity contribution in [3.63, 3.8) is 0 Å². The number of carbonyl (C=O) groups excluding carboxylic acids is 1. The fourth-order valence-corrected chi connectivity index (χ4v) is 4.11. The minimum atomic E-state index is -1.16. The van der Waals surface area contributed by atoms with Crippen LogP contribution >= 0.6 is 11.3 Å². The fraction of sp³-hybridized carbons (Fsp3) is 0.200. The number of Topliss-reactive ketones (excluding diaryl/α,β-unsaturated/α-hetero) is 1. The summed E-state index contributed by atoms with van der Waals surface area (Å²) in [6, 6.07) is 10.1. The first-order valence-electron chi connectivity index (χ1n) is 9.99. The molecule has 0 amide bonds. The molecule has 9 heteroatoms. The molecule has 0 unspecified atom stereocenters. The number of aliphatic carboxylic acids is 1. The Hall–Kier alpha value is -3.98. The lowest BCUT2D eigenvalue weighted by Crippen LogP contribution is -2.12. The first-order chi connectivity index (χ1) is 16.3. The summed E-state index contributed by atoms with van der Waals surface area (Å²) >= 11 is 1.49. The quantitative estimate of drug-likeness (QED) is 0.306. The van der Waals surface area contributed by atoms with Gasteiger partial charge >= 0.3 is 5.97 Å². The number of ether oxygens (including phenoxy) is 5. The van der Waals surface area contributed by atoms with Gasteiger partial charge in [-0.15, -0.1) is 11.3 Å². The highest BCUT2D eigenvalue weighted by Gasteiger charge is 2.23. The van der Waals surface area contributed by atoms with Crippen LogP contribution in [0.5, 0.6) is 28.7 Å². The molecule has 1 heterocycles. The van der Waals surface area contributed by atoms with Gasteiger partial charge in [0.2, 0.25) is 5.75 Å². The van der Waals surface area contributed by atoms with E-state index in [1.807, 2.05) is 17.5 Å². The predicted molar refractivity (Wildman–Crippen MR) is 129 cm³/mol. The van der Waals surface area contributed by atoms with E-state index in [9.17, 15) is 9.59 Å². The third-order valence-electron chi connectivity index (χ3n) is 4.97. The summed E-state index contributed by atoms with van der Waals surface area (Å²) in [7, 11) is 5.88. The highest BCUT2D eigenvalue weighted by atomic mass is 32.1. The molecular formula is C25H24O8S. The van der Waals surface area contributed by atoms with Gasteiger partial charge in [0.25, 0.3) is 0 Å². The Bertz CT molecular complexity index is 1190. The second-order valence-corrected chi connectivity index (χ2v) is 7.88. The summed E-state index contributed by atoms with van der Waals surface area (Å²) in [6.45, 7) is 3.40. The zero-order valence-corrected chi connectivity index (χ0v) is 20.0. The van der Waals surface area contributed by atoms with Gasteiger partial charge in [-0.05, 0) is 29.6 Å². The normalized spacial score (nSPS) is 10.4. The van der Waals surface area contributed by atoms with Gasteiger partial charge in [-0.2, -0.15) is 0 Å². The van der Waals surface area contributed by atoms with Crippen LogP contribution in [-0.4, -0.2) is 51.9 Å². The van der Waals surface area contributed by atoms with Crippen LogP contribution in [0.3, 0.4) is 0 Å². The zero-order chi connectivity index (χ0) is 24.8. The van der Waals surface area contributed by atoms with Gasteiger partial charge in [-0.3, -0.25) is 4.79 Å². The molecule has 0 spiro atoms. The van der Waals surface area contributed by atoms with E-state index in [0.717, 1.165) is 4.88 Å². The Kier molecular flexibility index (Phi) is 7.80. The van der Waals surface area contributed by atoms with Crippen molar-refractivity contribution in [1.29, 1.82) is 0 Å². The van der Waals surface area contributed by atoms with Crippen molar-refractivity contribution in [3.05, 3.63) is 59.5 Å². The van der Waals surface area contributed by atoms with Crippen molar-refractivity contribution in [2.24, 2.45) is 0 Å². The average Bonchev–Trinajstić information content (AvgIpc) is 3.39. The number of hydrogen-bond acceptors (Lipinski definition) is 8. The number of rotatable bonds is 11. The Morgan fingerprint density at radius 2 is 1.56 bits per heavy atom. The number of benzene rings is 2. The van der Waals surface area contributed by atoms with Gasteiger partial charge in [0.15, 0.2) is 23.9 Å². The lowest BCUT2D eigenvalue weighted by atomic mass is 9.94. The molecule has 0 radical (unpaired) electrons. The Morgan fingerprint density at radius 1 is 0.912 bits per heavy atom. The second-order valence-electron chi connectivity index (χ2n) is 6.93. The minimum Gasteiger partial charge on any atom is -0.496 e. The van der Waals surface area contributed by atoms with Crippen molar-refractivity contribution < 1.29 is 38.4 Å². The van der Waals surface area contributed by atoms with Crippen molar-refractivity contribution in [3.8, 4) is 39.2 Å². The number of thiophene rings is 1. The Labute approximate surface area is 200 Å². The molecule has 0 aliphatic heterocycles. The first-order valence-corrected chi connectivity index (χ1v) is 10.9. The molecule has 0 saturated heterocycles. The van der Waals surface area contributed by atoms with Crippen molar-refractivity contribution >= 4 is 28.7 Å². The van der Waals surface area contributed by atoms with Crippen LogP contribution in [-0.2, 0) is 4.79 Å².